The second-order valence-electron chi connectivity index (χ2n) is 1.46. The average Bonchev–Trinajstić information content (AvgIpc) is 1.82. The van der Waals surface area contributed by atoms with Gasteiger partial charge in [-0.3, -0.25) is 0 Å². The Bertz CT molecular complexity index is 74.1. The van der Waals surface area contributed by atoms with Gasteiger partial charge in [-0.25, -0.2) is 4.79 Å². The van der Waals surface area contributed by atoms with E-state index in [0.717, 1.165) is 5.75 Å². The van der Waals surface area contributed by atoms with Gasteiger partial charge in [-0.2, -0.15) is 0 Å². The van der Waals surface area contributed by atoms with Crippen molar-refractivity contribution >= 4 is 28.6 Å². The van der Waals surface area contributed by atoms with Crippen LogP contribution in [0.4, 0.5) is 4.79 Å². The third-order valence-corrected chi connectivity index (χ3v) is 1.54. The average molecular weight is 222 g/mol. The van der Waals surface area contributed by atoms with Crippen molar-refractivity contribution in [3.8, 4) is 0 Å². The van der Waals surface area contributed by atoms with Crippen LogP contribution in [0.2, 0.25) is 0 Å². The van der Waals surface area contributed by atoms with Crippen molar-refractivity contribution in [2.45, 2.75) is 19.8 Å². The van der Waals surface area contributed by atoms with E-state index in [9.17, 15) is 0 Å². The summed E-state index contributed by atoms with van der Waals surface area (Å²) in [7, 11) is 1.51. The molecule has 0 rings (SSSR count). The van der Waals surface area contributed by atoms with Crippen molar-refractivity contribution < 1.29 is 66.4 Å². The van der Waals surface area contributed by atoms with Crippen LogP contribution in [0, 0.1) is 0 Å². The fourth-order valence-electron chi connectivity index (χ4n) is 0.203. The van der Waals surface area contributed by atoms with Gasteiger partial charge in [0.25, 0.3) is 0 Å². The minimum atomic E-state index is -1.83. The Kier molecular flexibility index (Phi) is 29.5. The Hall–Kier alpha value is 1.61. The summed E-state index contributed by atoms with van der Waals surface area (Å²) in [5.74, 6) is 1.14. The monoisotopic (exact) mass is 222 g/mol. The summed E-state index contributed by atoms with van der Waals surface area (Å²) in [6, 6.07) is 0. The van der Waals surface area contributed by atoms with Gasteiger partial charge >= 0.3 is 57.5 Å². The van der Waals surface area contributed by atoms with Crippen molar-refractivity contribution in [2.24, 2.45) is 0 Å². The summed E-state index contributed by atoms with van der Waals surface area (Å²) >= 11 is 4.63. The normalized spacial score (nSPS) is 7.09. The van der Waals surface area contributed by atoms with Crippen molar-refractivity contribution in [2.75, 3.05) is 5.75 Å². The first-order chi connectivity index (χ1) is 4.65. The number of hydrogen-bond acceptors (Lipinski definition) is 3. The summed E-state index contributed by atoms with van der Waals surface area (Å²) < 4.78 is 0. The molecule has 0 aromatic rings. The van der Waals surface area contributed by atoms with Crippen LogP contribution in [0.25, 0.3) is 0 Å². The third-order valence-electron chi connectivity index (χ3n) is 0.581. The number of hydrogen-bond donors (Lipinski definition) is 2. The van der Waals surface area contributed by atoms with E-state index < -0.39 is 6.16 Å². The summed E-state index contributed by atoms with van der Waals surface area (Å²) in [6.45, 7) is 2.17. The van der Waals surface area contributed by atoms with E-state index in [1.807, 2.05) is 0 Å². The van der Waals surface area contributed by atoms with Gasteiger partial charge in [0.2, 0.25) is 0 Å². The molecule has 2 N–H and O–H groups in total. The van der Waals surface area contributed by atoms with E-state index in [0.29, 0.717) is 0 Å². The van der Waals surface area contributed by atoms with Gasteiger partial charge in [0.05, 0.1) is 0 Å². The zero-order valence-electron chi connectivity index (χ0n) is 6.74. The predicted octanol–water partition coefficient (Wildman–Crippen LogP) is -0.792. The molecule has 0 aromatic carbocycles. The Balaban J connectivity index is -0.000000114. The number of unbranched alkanes of at least 4 members (excludes halogenated alkanes) is 1. The molecular formula is C5H11KO3S2. The molecule has 0 aliphatic rings. The van der Waals surface area contributed by atoms with Gasteiger partial charge < -0.3 is 32.7 Å². The van der Waals surface area contributed by atoms with Crippen LogP contribution in [-0.2, 0) is 11.7 Å². The second kappa shape index (κ2) is 17.6. The van der Waals surface area contributed by atoms with Gasteiger partial charge in [-0.1, -0.05) is 13.3 Å². The molecule has 6 heteroatoms. The summed E-state index contributed by atoms with van der Waals surface area (Å²) in [5.41, 5.74) is 0. The van der Waals surface area contributed by atoms with Crippen molar-refractivity contribution in [3.63, 3.8) is 0 Å². The Morgan fingerprint density at radius 1 is 1.55 bits per heavy atom. The molecule has 0 radical (unpaired) electrons. The fraction of sp³-hybridized carbons (Fsp3) is 0.800. The molecular weight excluding hydrogens is 211 g/mol. The minimum absolute atomic E-state index is 0. The topological polar surface area (TPSA) is 57.5 Å². The van der Waals surface area contributed by atoms with Crippen LogP contribution in [0.5, 0.6) is 0 Å². The van der Waals surface area contributed by atoms with E-state index in [1.165, 1.54) is 23.6 Å². The molecule has 0 heterocycles. The van der Waals surface area contributed by atoms with Gasteiger partial charge in [-0.15, -0.1) is 0 Å². The molecule has 0 aliphatic heterocycles. The van der Waals surface area contributed by atoms with Crippen LogP contribution in [0.3, 0.4) is 0 Å². The van der Waals surface area contributed by atoms with Gasteiger partial charge in [0, 0.05) is 0 Å². The van der Waals surface area contributed by atoms with Crippen LogP contribution in [0.1, 0.15) is 19.8 Å². The van der Waals surface area contributed by atoms with E-state index in [-0.39, 0.29) is 51.4 Å². The minimum Gasteiger partial charge on any atom is -0.719 e. The van der Waals surface area contributed by atoms with Gasteiger partial charge in [0.15, 0.2) is 0 Å². The maximum absolute atomic E-state index is 8.56. The quantitative estimate of drug-likeness (QED) is 0.284. The summed E-state index contributed by atoms with van der Waals surface area (Å²) in [5, 5.41) is 13.9. The van der Waals surface area contributed by atoms with E-state index in [1.54, 1.807) is 0 Å². The SMILES string of the molecule is CCCCS[S-].O=C(O)O.[K+]. The van der Waals surface area contributed by atoms with Crippen LogP contribution in [0.15, 0.2) is 0 Å². The Labute approximate surface area is 119 Å². The molecule has 0 aliphatic carbocycles. The van der Waals surface area contributed by atoms with E-state index in [2.05, 4.69) is 18.6 Å². The van der Waals surface area contributed by atoms with Crippen LogP contribution in [-0.4, -0.2) is 22.1 Å². The maximum Gasteiger partial charge on any atom is 1.00 e. The van der Waals surface area contributed by atoms with E-state index >= 15 is 0 Å². The zero-order valence-corrected chi connectivity index (χ0v) is 11.5. The van der Waals surface area contributed by atoms with Crippen LogP contribution >= 0.6 is 10.8 Å². The van der Waals surface area contributed by atoms with Crippen LogP contribution < -0.4 is 51.4 Å². The molecule has 0 amide bonds. The smallest absolute Gasteiger partial charge is 0.719 e. The van der Waals surface area contributed by atoms with Crippen molar-refractivity contribution in [3.05, 3.63) is 0 Å². The van der Waals surface area contributed by atoms with Gasteiger partial charge in [-0.05, 0) is 12.2 Å². The van der Waals surface area contributed by atoms with Crippen molar-refractivity contribution in [1.82, 2.24) is 0 Å². The Morgan fingerprint density at radius 3 is 2.00 bits per heavy atom. The molecule has 0 atom stereocenters. The molecule has 0 spiro atoms. The molecule has 0 saturated carbocycles. The Morgan fingerprint density at radius 2 is 1.91 bits per heavy atom. The predicted molar refractivity (Wildman–Crippen MR) is 45.4 cm³/mol. The van der Waals surface area contributed by atoms with E-state index in [4.69, 9.17) is 15.0 Å². The molecule has 11 heavy (non-hydrogen) atoms. The molecule has 62 valence electrons. The second-order valence-corrected chi connectivity index (χ2v) is 2.81. The van der Waals surface area contributed by atoms with Gasteiger partial charge in [0.1, 0.15) is 0 Å². The standard InChI is InChI=1S/C4H10S2.CH2O3.K/c1-2-3-4-6-5;2-1(3)4;/h5H,2-4H2,1H3;(H2,2,3,4);/q;;+1/p-1. The molecule has 3 nitrogen and oxygen atoms in total. The fourth-order valence-corrected chi connectivity index (χ4v) is 0.963. The molecule has 0 saturated heterocycles. The number of carbonyl (C=O) groups is 1. The molecule has 0 fully saturated rings. The number of carboxylic acid groups (broad SMARTS) is 2. The largest absolute Gasteiger partial charge is 1.00 e. The first-order valence-corrected chi connectivity index (χ1v) is 4.72. The van der Waals surface area contributed by atoms with Crippen molar-refractivity contribution in [1.29, 1.82) is 0 Å². The summed E-state index contributed by atoms with van der Waals surface area (Å²) in [4.78, 5) is 8.56. The molecule has 0 bridgehead atoms. The molecule has 0 aromatic heterocycles. The maximum atomic E-state index is 8.56. The summed E-state index contributed by atoms with van der Waals surface area (Å²) in [6.07, 6.45) is 0.706. The molecule has 0 unspecified atom stereocenters. The first kappa shape index (κ1) is 18.4. The zero-order chi connectivity index (χ0) is 8.41. The number of rotatable bonds is 3. The first-order valence-electron chi connectivity index (χ1n) is 2.81. The third kappa shape index (κ3) is 50.5.